The summed E-state index contributed by atoms with van der Waals surface area (Å²) in [6.45, 7) is 1.44. The van der Waals surface area contributed by atoms with Crippen LogP contribution in [-0.2, 0) is 0 Å². The molecule has 0 aromatic rings. The molecular formula is C8H15NO3. The van der Waals surface area contributed by atoms with Gasteiger partial charge in [0, 0.05) is 12.6 Å². The first-order valence-electron chi connectivity index (χ1n) is 4.48. The van der Waals surface area contributed by atoms with Crippen molar-refractivity contribution >= 4 is 0 Å². The van der Waals surface area contributed by atoms with Gasteiger partial charge >= 0.3 is 0 Å². The van der Waals surface area contributed by atoms with E-state index in [0.717, 1.165) is 19.4 Å². The molecule has 4 heteroatoms. The average Bonchev–Trinajstić information content (AvgIpc) is 2.48. The van der Waals surface area contributed by atoms with Crippen molar-refractivity contribution in [3.05, 3.63) is 0 Å². The van der Waals surface area contributed by atoms with Gasteiger partial charge in [-0.3, -0.25) is 4.90 Å². The molecular weight excluding hydrogens is 158 g/mol. The molecule has 4 atom stereocenters. The van der Waals surface area contributed by atoms with Gasteiger partial charge in [-0.2, -0.15) is 0 Å². The minimum absolute atomic E-state index is 0.0726. The second-order valence-corrected chi connectivity index (χ2v) is 3.75. The lowest BCUT2D eigenvalue weighted by atomic mass is 9.94. The number of piperidine rings is 1. The van der Waals surface area contributed by atoms with E-state index in [2.05, 4.69) is 4.90 Å². The summed E-state index contributed by atoms with van der Waals surface area (Å²) in [5.41, 5.74) is 0. The van der Waals surface area contributed by atoms with Gasteiger partial charge in [0.15, 0.2) is 0 Å². The van der Waals surface area contributed by atoms with Crippen molar-refractivity contribution in [1.29, 1.82) is 0 Å². The molecule has 12 heavy (non-hydrogen) atoms. The lowest BCUT2D eigenvalue weighted by molar-refractivity contribution is -0.127. The van der Waals surface area contributed by atoms with E-state index in [1.807, 2.05) is 0 Å². The Morgan fingerprint density at radius 1 is 1.08 bits per heavy atom. The van der Waals surface area contributed by atoms with E-state index in [-0.39, 0.29) is 6.04 Å². The average molecular weight is 173 g/mol. The highest BCUT2D eigenvalue weighted by atomic mass is 16.4. The van der Waals surface area contributed by atoms with E-state index in [1.54, 1.807) is 0 Å². The third-order valence-corrected chi connectivity index (χ3v) is 2.97. The first-order valence-corrected chi connectivity index (χ1v) is 4.48. The van der Waals surface area contributed by atoms with E-state index in [1.165, 1.54) is 0 Å². The SMILES string of the molecule is OC1CN2CCC[C@H]2C(O)C1O. The summed E-state index contributed by atoms with van der Waals surface area (Å²) < 4.78 is 0. The summed E-state index contributed by atoms with van der Waals surface area (Å²) in [5.74, 6) is 0. The third-order valence-electron chi connectivity index (χ3n) is 2.97. The summed E-state index contributed by atoms with van der Waals surface area (Å²) in [6.07, 6.45) is -0.513. The minimum atomic E-state index is -0.954. The first kappa shape index (κ1) is 8.44. The Morgan fingerprint density at radius 3 is 2.58 bits per heavy atom. The zero-order valence-electron chi connectivity index (χ0n) is 6.93. The molecule has 0 saturated carbocycles. The molecule has 3 unspecified atom stereocenters. The zero-order chi connectivity index (χ0) is 8.72. The molecule has 0 amide bonds. The van der Waals surface area contributed by atoms with E-state index in [0.29, 0.717) is 6.54 Å². The summed E-state index contributed by atoms with van der Waals surface area (Å²) in [7, 11) is 0. The Labute approximate surface area is 71.4 Å². The lowest BCUT2D eigenvalue weighted by Crippen LogP contribution is -2.58. The Balaban J connectivity index is 2.10. The molecule has 0 aromatic heterocycles. The second-order valence-electron chi connectivity index (χ2n) is 3.75. The normalized spacial score (nSPS) is 49.2. The molecule has 0 aromatic carbocycles. The van der Waals surface area contributed by atoms with Crippen molar-refractivity contribution in [3.63, 3.8) is 0 Å². The molecule has 2 fully saturated rings. The van der Waals surface area contributed by atoms with E-state index < -0.39 is 18.3 Å². The van der Waals surface area contributed by atoms with Crippen LogP contribution < -0.4 is 0 Å². The van der Waals surface area contributed by atoms with Crippen molar-refractivity contribution in [1.82, 2.24) is 4.90 Å². The van der Waals surface area contributed by atoms with Crippen molar-refractivity contribution in [2.45, 2.75) is 37.2 Å². The van der Waals surface area contributed by atoms with Crippen molar-refractivity contribution in [2.75, 3.05) is 13.1 Å². The summed E-state index contributed by atoms with van der Waals surface area (Å²) in [6, 6.07) is 0.0726. The van der Waals surface area contributed by atoms with Gasteiger partial charge in [0.25, 0.3) is 0 Å². The first-order chi connectivity index (χ1) is 5.70. The molecule has 0 spiro atoms. The maximum atomic E-state index is 9.57. The highest BCUT2D eigenvalue weighted by molar-refractivity contribution is 4.97. The minimum Gasteiger partial charge on any atom is -0.389 e. The van der Waals surface area contributed by atoms with Gasteiger partial charge < -0.3 is 15.3 Å². The monoisotopic (exact) mass is 173 g/mol. The van der Waals surface area contributed by atoms with Gasteiger partial charge in [-0.25, -0.2) is 0 Å². The Hall–Kier alpha value is -0.160. The van der Waals surface area contributed by atoms with Gasteiger partial charge in [0.1, 0.15) is 6.10 Å². The zero-order valence-corrected chi connectivity index (χ0v) is 6.93. The topological polar surface area (TPSA) is 63.9 Å². The largest absolute Gasteiger partial charge is 0.389 e. The molecule has 3 N–H and O–H groups in total. The molecule has 2 aliphatic rings. The van der Waals surface area contributed by atoms with Crippen LogP contribution in [0.15, 0.2) is 0 Å². The quantitative estimate of drug-likeness (QED) is 0.419. The number of nitrogens with zero attached hydrogens (tertiary/aromatic N) is 1. The second kappa shape index (κ2) is 2.96. The number of aliphatic hydroxyl groups excluding tert-OH is 3. The summed E-state index contributed by atoms with van der Waals surface area (Å²) in [4.78, 5) is 2.06. The van der Waals surface area contributed by atoms with Crippen molar-refractivity contribution in [2.24, 2.45) is 0 Å². The van der Waals surface area contributed by atoms with Crippen LogP contribution in [0.2, 0.25) is 0 Å². The standard InChI is InChI=1S/C8H15NO3/c10-6-4-9-3-1-2-5(9)7(11)8(6)12/h5-8,10-12H,1-4H2/t5-,6?,7?,8?/m0/s1. The Bertz CT molecular complexity index is 176. The maximum absolute atomic E-state index is 9.57. The van der Waals surface area contributed by atoms with Crippen LogP contribution >= 0.6 is 0 Å². The molecule has 4 nitrogen and oxygen atoms in total. The van der Waals surface area contributed by atoms with E-state index in [9.17, 15) is 15.3 Å². The molecule has 2 saturated heterocycles. The highest BCUT2D eigenvalue weighted by Gasteiger charge is 2.42. The fourth-order valence-corrected chi connectivity index (χ4v) is 2.27. The van der Waals surface area contributed by atoms with Crippen LogP contribution in [0.4, 0.5) is 0 Å². The molecule has 0 radical (unpaired) electrons. The third kappa shape index (κ3) is 1.15. The summed E-state index contributed by atoms with van der Waals surface area (Å²) in [5, 5.41) is 28.3. The van der Waals surface area contributed by atoms with Gasteiger partial charge in [-0.15, -0.1) is 0 Å². The lowest BCUT2D eigenvalue weighted by Gasteiger charge is -2.39. The predicted octanol–water partition coefficient (Wildman–Crippen LogP) is -1.45. The van der Waals surface area contributed by atoms with Gasteiger partial charge in [0.05, 0.1) is 12.2 Å². The Kier molecular flexibility index (Phi) is 2.08. The summed E-state index contributed by atoms with van der Waals surface area (Å²) >= 11 is 0. The molecule has 0 bridgehead atoms. The predicted molar refractivity (Wildman–Crippen MR) is 42.6 cm³/mol. The van der Waals surface area contributed by atoms with Crippen molar-refractivity contribution in [3.8, 4) is 0 Å². The smallest absolute Gasteiger partial charge is 0.108 e. The number of hydrogen-bond acceptors (Lipinski definition) is 4. The molecule has 2 aliphatic heterocycles. The van der Waals surface area contributed by atoms with Crippen LogP contribution in [0, 0.1) is 0 Å². The van der Waals surface area contributed by atoms with Crippen molar-refractivity contribution < 1.29 is 15.3 Å². The fourth-order valence-electron chi connectivity index (χ4n) is 2.27. The Morgan fingerprint density at radius 2 is 1.83 bits per heavy atom. The fraction of sp³-hybridized carbons (Fsp3) is 1.00. The van der Waals surface area contributed by atoms with Crippen LogP contribution in [0.1, 0.15) is 12.8 Å². The number of hydrogen-bond donors (Lipinski definition) is 3. The molecule has 2 heterocycles. The highest BCUT2D eigenvalue weighted by Crippen LogP contribution is 2.27. The van der Waals surface area contributed by atoms with Crippen LogP contribution in [0.3, 0.4) is 0 Å². The molecule has 2 rings (SSSR count). The molecule has 0 aliphatic carbocycles. The van der Waals surface area contributed by atoms with Crippen LogP contribution in [0.25, 0.3) is 0 Å². The van der Waals surface area contributed by atoms with Gasteiger partial charge in [0.2, 0.25) is 0 Å². The van der Waals surface area contributed by atoms with Gasteiger partial charge in [-0.1, -0.05) is 0 Å². The van der Waals surface area contributed by atoms with Crippen LogP contribution in [-0.4, -0.2) is 57.7 Å². The molecule has 70 valence electrons. The van der Waals surface area contributed by atoms with Gasteiger partial charge in [-0.05, 0) is 19.4 Å². The van der Waals surface area contributed by atoms with E-state index >= 15 is 0 Å². The number of fused-ring (bicyclic) bond motifs is 1. The van der Waals surface area contributed by atoms with E-state index in [4.69, 9.17) is 0 Å². The maximum Gasteiger partial charge on any atom is 0.108 e. The number of rotatable bonds is 0. The van der Waals surface area contributed by atoms with Crippen LogP contribution in [0.5, 0.6) is 0 Å². The number of aliphatic hydroxyl groups is 3.